The van der Waals surface area contributed by atoms with E-state index in [4.69, 9.17) is 16.6 Å². The molecule has 1 heterocycles. The third kappa shape index (κ3) is 3.81. The summed E-state index contributed by atoms with van der Waals surface area (Å²) >= 11 is 7.56. The molecular weight excluding hydrogens is 364 g/mol. The maximum absolute atomic E-state index is 12.3. The van der Waals surface area contributed by atoms with Crippen molar-refractivity contribution in [2.45, 2.75) is 25.7 Å². The van der Waals surface area contributed by atoms with Gasteiger partial charge in [-0.3, -0.25) is 4.79 Å². The lowest BCUT2D eigenvalue weighted by Gasteiger charge is -2.11. The monoisotopic (exact) mass is 382 g/mol. The van der Waals surface area contributed by atoms with Gasteiger partial charge in [-0.2, -0.15) is 0 Å². The highest BCUT2D eigenvalue weighted by Crippen LogP contribution is 2.31. The summed E-state index contributed by atoms with van der Waals surface area (Å²) in [6.07, 6.45) is 4.32. The van der Waals surface area contributed by atoms with Crippen LogP contribution in [0.1, 0.15) is 25.7 Å². The molecule has 1 aromatic heterocycles. The van der Waals surface area contributed by atoms with E-state index in [9.17, 15) is 4.79 Å². The number of benzene rings is 2. The Hall–Kier alpha value is -2.17. The molecule has 4 rings (SSSR count). The zero-order chi connectivity index (χ0) is 17.9. The van der Waals surface area contributed by atoms with Gasteiger partial charge in [-0.05, 0) is 37.1 Å². The molecule has 3 aromatic rings. The molecule has 3 nitrogen and oxygen atoms in total. The van der Waals surface area contributed by atoms with Gasteiger partial charge in [0.1, 0.15) is 5.01 Å². The molecule has 0 aliphatic heterocycles. The smallest absolute Gasteiger partial charge is 0.227 e. The van der Waals surface area contributed by atoms with E-state index in [1.165, 1.54) is 0 Å². The van der Waals surface area contributed by atoms with E-state index in [-0.39, 0.29) is 11.8 Å². The predicted molar refractivity (Wildman–Crippen MR) is 109 cm³/mol. The Balaban J connectivity index is 1.53. The number of nitrogens with one attached hydrogen (secondary N) is 1. The van der Waals surface area contributed by atoms with Gasteiger partial charge in [0.2, 0.25) is 5.91 Å². The van der Waals surface area contributed by atoms with Crippen molar-refractivity contribution in [2.75, 3.05) is 5.32 Å². The van der Waals surface area contributed by atoms with Gasteiger partial charge in [-0.1, -0.05) is 48.7 Å². The van der Waals surface area contributed by atoms with Crippen LogP contribution in [-0.2, 0) is 4.79 Å². The van der Waals surface area contributed by atoms with Gasteiger partial charge in [0.15, 0.2) is 0 Å². The van der Waals surface area contributed by atoms with Crippen molar-refractivity contribution in [3.63, 3.8) is 0 Å². The van der Waals surface area contributed by atoms with E-state index in [1.54, 1.807) is 11.3 Å². The van der Waals surface area contributed by atoms with Crippen LogP contribution in [0.25, 0.3) is 21.8 Å². The van der Waals surface area contributed by atoms with Gasteiger partial charge in [0.25, 0.3) is 0 Å². The number of rotatable bonds is 4. The van der Waals surface area contributed by atoms with Crippen molar-refractivity contribution >= 4 is 34.5 Å². The molecule has 1 aliphatic rings. The zero-order valence-electron chi connectivity index (χ0n) is 14.2. The van der Waals surface area contributed by atoms with Crippen molar-refractivity contribution < 1.29 is 4.79 Å². The van der Waals surface area contributed by atoms with E-state index >= 15 is 0 Å². The molecule has 1 aliphatic carbocycles. The summed E-state index contributed by atoms with van der Waals surface area (Å²) in [6.45, 7) is 0. The molecule has 1 fully saturated rings. The van der Waals surface area contributed by atoms with Gasteiger partial charge in [0, 0.05) is 33.1 Å². The van der Waals surface area contributed by atoms with Crippen LogP contribution in [-0.4, -0.2) is 10.9 Å². The molecule has 26 heavy (non-hydrogen) atoms. The molecule has 132 valence electrons. The Kier molecular flexibility index (Phi) is 5.05. The Morgan fingerprint density at radius 1 is 1.08 bits per heavy atom. The lowest BCUT2D eigenvalue weighted by molar-refractivity contribution is -0.119. The van der Waals surface area contributed by atoms with E-state index in [0.29, 0.717) is 0 Å². The maximum Gasteiger partial charge on any atom is 0.227 e. The Labute approximate surface area is 162 Å². The van der Waals surface area contributed by atoms with Crippen LogP contribution >= 0.6 is 22.9 Å². The van der Waals surface area contributed by atoms with E-state index in [1.807, 2.05) is 53.9 Å². The third-order valence-electron chi connectivity index (χ3n) is 4.75. The number of carbonyl (C=O) groups is 1. The molecule has 1 saturated carbocycles. The Morgan fingerprint density at radius 2 is 1.85 bits per heavy atom. The topological polar surface area (TPSA) is 42.0 Å². The minimum absolute atomic E-state index is 0.139. The van der Waals surface area contributed by atoms with Crippen LogP contribution in [0.2, 0.25) is 5.02 Å². The first-order valence-electron chi connectivity index (χ1n) is 8.82. The summed E-state index contributed by atoms with van der Waals surface area (Å²) in [6, 6.07) is 15.6. The largest absolute Gasteiger partial charge is 0.326 e. The number of carbonyl (C=O) groups excluding carboxylic acids is 1. The van der Waals surface area contributed by atoms with Crippen molar-refractivity contribution in [1.82, 2.24) is 4.98 Å². The molecule has 1 N–H and O–H groups in total. The number of hydrogen-bond donors (Lipinski definition) is 1. The normalized spacial score (nSPS) is 14.5. The van der Waals surface area contributed by atoms with Crippen LogP contribution in [0.4, 0.5) is 5.69 Å². The molecule has 0 unspecified atom stereocenters. The fourth-order valence-corrected chi connectivity index (χ4v) is 4.28. The van der Waals surface area contributed by atoms with Crippen LogP contribution in [0.5, 0.6) is 0 Å². The summed E-state index contributed by atoms with van der Waals surface area (Å²) in [5.41, 5.74) is 3.80. The summed E-state index contributed by atoms with van der Waals surface area (Å²) in [5, 5.41) is 6.78. The summed E-state index contributed by atoms with van der Waals surface area (Å²) < 4.78 is 0. The first kappa shape index (κ1) is 17.3. The van der Waals surface area contributed by atoms with Crippen molar-refractivity contribution in [2.24, 2.45) is 5.92 Å². The quantitative estimate of drug-likeness (QED) is 0.578. The second kappa shape index (κ2) is 7.60. The first-order valence-corrected chi connectivity index (χ1v) is 10.1. The van der Waals surface area contributed by atoms with E-state index in [2.05, 4.69) is 5.32 Å². The lowest BCUT2D eigenvalue weighted by Crippen LogP contribution is -2.20. The zero-order valence-corrected chi connectivity index (χ0v) is 15.8. The van der Waals surface area contributed by atoms with Gasteiger partial charge in [-0.25, -0.2) is 4.98 Å². The van der Waals surface area contributed by atoms with Crippen LogP contribution < -0.4 is 5.32 Å². The third-order valence-corrected chi connectivity index (χ3v) is 5.89. The van der Waals surface area contributed by atoms with Crippen LogP contribution in [0, 0.1) is 5.92 Å². The van der Waals surface area contributed by atoms with E-state index in [0.717, 1.165) is 58.2 Å². The minimum Gasteiger partial charge on any atom is -0.326 e. The highest BCUT2D eigenvalue weighted by Gasteiger charge is 2.22. The summed E-state index contributed by atoms with van der Waals surface area (Å²) in [5.74, 6) is 0.300. The van der Waals surface area contributed by atoms with Crippen LogP contribution in [0.15, 0.2) is 53.9 Å². The number of anilines is 1. The molecule has 0 saturated heterocycles. The second-order valence-electron chi connectivity index (χ2n) is 6.60. The average Bonchev–Trinajstić information content (AvgIpc) is 3.35. The molecule has 5 heteroatoms. The van der Waals surface area contributed by atoms with Gasteiger partial charge < -0.3 is 5.32 Å². The minimum atomic E-state index is 0.139. The van der Waals surface area contributed by atoms with Gasteiger partial charge in [0.05, 0.1) is 5.69 Å². The predicted octanol–water partition coefficient (Wildman–Crippen LogP) is 6.26. The van der Waals surface area contributed by atoms with Gasteiger partial charge in [-0.15, -0.1) is 11.3 Å². The highest BCUT2D eigenvalue weighted by atomic mass is 35.5. The van der Waals surface area contributed by atoms with Gasteiger partial charge >= 0.3 is 0 Å². The molecular formula is C21H19ClN2OS. The molecule has 0 spiro atoms. The SMILES string of the molecule is O=C(Nc1cccc(-c2csc(-c3ccc(Cl)cc3)n2)c1)C1CCCC1. The number of amides is 1. The van der Waals surface area contributed by atoms with E-state index < -0.39 is 0 Å². The van der Waals surface area contributed by atoms with Crippen LogP contribution in [0.3, 0.4) is 0 Å². The Morgan fingerprint density at radius 3 is 2.62 bits per heavy atom. The number of halogens is 1. The number of nitrogens with zero attached hydrogens (tertiary/aromatic N) is 1. The molecule has 0 bridgehead atoms. The number of thiazole rings is 1. The second-order valence-corrected chi connectivity index (χ2v) is 7.89. The molecule has 0 atom stereocenters. The first-order chi connectivity index (χ1) is 12.7. The summed E-state index contributed by atoms with van der Waals surface area (Å²) in [7, 11) is 0. The maximum atomic E-state index is 12.3. The van der Waals surface area contributed by atoms with Crippen molar-refractivity contribution in [3.05, 3.63) is 58.9 Å². The molecule has 2 aromatic carbocycles. The number of hydrogen-bond acceptors (Lipinski definition) is 3. The molecule has 0 radical (unpaired) electrons. The highest BCUT2D eigenvalue weighted by molar-refractivity contribution is 7.13. The van der Waals surface area contributed by atoms with Crippen molar-refractivity contribution in [1.29, 1.82) is 0 Å². The Bertz CT molecular complexity index is 914. The standard InChI is InChI=1S/C21H19ClN2OS/c22-17-10-8-15(9-11-17)21-24-19(13-26-21)16-6-3-7-18(12-16)23-20(25)14-4-1-2-5-14/h3,6-14H,1-2,4-5H2,(H,23,25). The molecule has 1 amide bonds. The summed E-state index contributed by atoms with van der Waals surface area (Å²) in [4.78, 5) is 17.1. The number of aromatic nitrogens is 1. The van der Waals surface area contributed by atoms with Crippen molar-refractivity contribution in [3.8, 4) is 21.8 Å². The fraction of sp³-hybridized carbons (Fsp3) is 0.238. The lowest BCUT2D eigenvalue weighted by atomic mass is 10.1. The fourth-order valence-electron chi connectivity index (χ4n) is 3.32. The average molecular weight is 383 g/mol.